The average molecular weight is 410 g/mol. The lowest BCUT2D eigenvalue weighted by atomic mass is 10.2. The highest BCUT2D eigenvalue weighted by Crippen LogP contribution is 2.21. The van der Waals surface area contributed by atoms with Crippen LogP contribution in [0.25, 0.3) is 11.4 Å². The number of rotatable bonds is 6. The van der Waals surface area contributed by atoms with Gasteiger partial charge in [-0.2, -0.15) is 0 Å². The number of hydrogen-bond acceptors (Lipinski definition) is 6. The summed E-state index contributed by atoms with van der Waals surface area (Å²) in [5.41, 5.74) is -0.149. The number of anilines is 1. The first kappa shape index (κ1) is 20.4. The minimum absolute atomic E-state index is 0.0596. The predicted molar refractivity (Wildman–Crippen MR) is 108 cm³/mol. The molecule has 0 aliphatic carbocycles. The number of ether oxygens (including phenoxy) is 1. The number of carboxylic acid groups (broad SMARTS) is 1. The second-order valence-electron chi connectivity index (χ2n) is 6.16. The summed E-state index contributed by atoms with van der Waals surface area (Å²) in [6.07, 6.45) is 0. The van der Waals surface area contributed by atoms with E-state index in [4.69, 9.17) is 9.84 Å². The molecule has 10 nitrogen and oxygen atoms in total. The molecule has 0 saturated carbocycles. The topological polar surface area (TPSA) is 154 Å². The third kappa shape index (κ3) is 4.73. The van der Waals surface area contributed by atoms with E-state index in [0.29, 0.717) is 17.0 Å². The van der Waals surface area contributed by atoms with Gasteiger partial charge in [-0.15, -0.1) is 0 Å². The molecule has 0 spiro atoms. The molecule has 5 N–H and O–H groups in total. The Balaban J connectivity index is 1.73. The third-order valence-corrected chi connectivity index (χ3v) is 4.08. The van der Waals surface area contributed by atoms with Gasteiger partial charge in [0.2, 0.25) is 5.75 Å². The minimum Gasteiger partial charge on any atom is -0.501 e. The van der Waals surface area contributed by atoms with E-state index in [1.165, 1.54) is 6.07 Å². The normalized spacial score (nSPS) is 10.3. The number of hydrogen-bond donors (Lipinski definition) is 5. The van der Waals surface area contributed by atoms with Gasteiger partial charge in [0.05, 0.1) is 7.11 Å². The van der Waals surface area contributed by atoms with Crippen LogP contribution < -0.4 is 20.9 Å². The molecular weight excluding hydrogens is 392 g/mol. The van der Waals surface area contributed by atoms with Gasteiger partial charge < -0.3 is 30.6 Å². The van der Waals surface area contributed by atoms with Gasteiger partial charge in [-0.25, -0.2) is 14.6 Å². The van der Waals surface area contributed by atoms with E-state index in [2.05, 4.69) is 20.6 Å². The summed E-state index contributed by atoms with van der Waals surface area (Å²) in [4.78, 5) is 41.2. The molecule has 0 saturated heterocycles. The van der Waals surface area contributed by atoms with Crippen LogP contribution in [0.15, 0.2) is 53.3 Å². The Morgan fingerprint density at radius 3 is 2.67 bits per heavy atom. The summed E-state index contributed by atoms with van der Waals surface area (Å²) in [5.74, 6) is -1.89. The molecule has 0 unspecified atom stereocenters. The standard InChI is InChI=1S/C20H18N4O6/c1-30-14-7-2-4-11(8-14)10-21-20(29)22-13-6-3-5-12(9-13)17-23-15(19(27)28)16(25)18(26)24-17/h2-9,25H,10H2,1H3,(H,27,28)(H2,21,22,29)(H,23,24,26). The van der Waals surface area contributed by atoms with Crippen LogP contribution in [0.3, 0.4) is 0 Å². The van der Waals surface area contributed by atoms with Crippen molar-refractivity contribution in [2.45, 2.75) is 6.54 Å². The maximum absolute atomic E-state index is 12.2. The van der Waals surface area contributed by atoms with Crippen LogP contribution in [0.5, 0.6) is 11.5 Å². The minimum atomic E-state index is -1.54. The first-order chi connectivity index (χ1) is 14.4. The summed E-state index contributed by atoms with van der Waals surface area (Å²) in [6.45, 7) is 0.275. The fraction of sp³-hybridized carbons (Fsp3) is 0.100. The van der Waals surface area contributed by atoms with Gasteiger partial charge in [-0.1, -0.05) is 24.3 Å². The van der Waals surface area contributed by atoms with Gasteiger partial charge in [0.25, 0.3) is 5.56 Å². The lowest BCUT2D eigenvalue weighted by Crippen LogP contribution is -2.28. The summed E-state index contributed by atoms with van der Waals surface area (Å²) in [5, 5.41) is 24.0. The zero-order valence-corrected chi connectivity index (χ0v) is 15.8. The third-order valence-electron chi connectivity index (χ3n) is 4.08. The highest BCUT2D eigenvalue weighted by Gasteiger charge is 2.17. The largest absolute Gasteiger partial charge is 0.501 e. The Hall–Kier alpha value is -4.34. The predicted octanol–water partition coefficient (Wildman–Crippen LogP) is 2.17. The van der Waals surface area contributed by atoms with E-state index in [1.807, 2.05) is 12.1 Å². The molecule has 0 fully saturated rings. The smallest absolute Gasteiger partial charge is 0.358 e. The van der Waals surface area contributed by atoms with Crippen molar-refractivity contribution in [3.05, 3.63) is 70.1 Å². The van der Waals surface area contributed by atoms with E-state index in [0.717, 1.165) is 5.56 Å². The van der Waals surface area contributed by atoms with Crippen molar-refractivity contribution in [1.29, 1.82) is 0 Å². The lowest BCUT2D eigenvalue weighted by Gasteiger charge is -2.10. The number of carbonyl (C=O) groups is 2. The number of aromatic amines is 1. The molecule has 30 heavy (non-hydrogen) atoms. The van der Waals surface area contributed by atoms with E-state index >= 15 is 0 Å². The van der Waals surface area contributed by atoms with Gasteiger partial charge >= 0.3 is 12.0 Å². The van der Waals surface area contributed by atoms with Crippen LogP contribution in [0.4, 0.5) is 10.5 Å². The van der Waals surface area contributed by atoms with Crippen molar-refractivity contribution in [1.82, 2.24) is 15.3 Å². The molecule has 1 heterocycles. The summed E-state index contributed by atoms with van der Waals surface area (Å²) in [6, 6.07) is 13.1. The monoisotopic (exact) mass is 410 g/mol. The Labute approximate surface area is 170 Å². The molecular formula is C20H18N4O6. The number of nitrogens with zero attached hydrogens (tertiary/aromatic N) is 1. The molecule has 2 aromatic carbocycles. The van der Waals surface area contributed by atoms with E-state index in [-0.39, 0.29) is 12.4 Å². The first-order valence-corrected chi connectivity index (χ1v) is 8.72. The number of aromatic hydroxyl groups is 1. The second-order valence-corrected chi connectivity index (χ2v) is 6.16. The molecule has 0 bridgehead atoms. The number of amides is 2. The van der Waals surface area contributed by atoms with Crippen LogP contribution >= 0.6 is 0 Å². The van der Waals surface area contributed by atoms with E-state index in [9.17, 15) is 19.5 Å². The lowest BCUT2D eigenvalue weighted by molar-refractivity contribution is 0.0686. The maximum Gasteiger partial charge on any atom is 0.358 e. The molecule has 0 atom stereocenters. The average Bonchev–Trinajstić information content (AvgIpc) is 2.74. The van der Waals surface area contributed by atoms with Gasteiger partial charge in [0.15, 0.2) is 5.69 Å². The van der Waals surface area contributed by atoms with E-state index < -0.39 is 29.0 Å². The zero-order chi connectivity index (χ0) is 21.7. The number of aromatic carboxylic acids is 1. The van der Waals surface area contributed by atoms with Crippen LogP contribution in [0.2, 0.25) is 0 Å². The Bertz CT molecular complexity index is 1160. The molecule has 10 heteroatoms. The van der Waals surface area contributed by atoms with Crippen molar-refractivity contribution in [3.8, 4) is 22.9 Å². The number of benzene rings is 2. The molecule has 0 aliphatic rings. The Morgan fingerprint density at radius 1 is 1.17 bits per heavy atom. The van der Waals surface area contributed by atoms with Crippen molar-refractivity contribution < 1.29 is 24.5 Å². The summed E-state index contributed by atoms with van der Waals surface area (Å²) in [7, 11) is 1.56. The van der Waals surface area contributed by atoms with Crippen LogP contribution in [0, 0.1) is 0 Å². The van der Waals surface area contributed by atoms with Crippen molar-refractivity contribution in [3.63, 3.8) is 0 Å². The molecule has 3 aromatic rings. The molecule has 3 rings (SSSR count). The van der Waals surface area contributed by atoms with Gasteiger partial charge in [0, 0.05) is 17.8 Å². The van der Waals surface area contributed by atoms with Crippen LogP contribution in [0.1, 0.15) is 16.1 Å². The molecule has 0 aliphatic heterocycles. The summed E-state index contributed by atoms with van der Waals surface area (Å²) < 4.78 is 5.14. The second kappa shape index (κ2) is 8.78. The molecule has 0 radical (unpaired) electrons. The number of H-pyrrole nitrogens is 1. The molecule has 1 aromatic heterocycles. The van der Waals surface area contributed by atoms with Crippen LogP contribution in [-0.4, -0.2) is 39.3 Å². The highest BCUT2D eigenvalue weighted by molar-refractivity contribution is 5.90. The first-order valence-electron chi connectivity index (χ1n) is 8.72. The van der Waals surface area contributed by atoms with E-state index in [1.54, 1.807) is 37.4 Å². The number of nitrogens with one attached hydrogen (secondary N) is 3. The Morgan fingerprint density at radius 2 is 1.93 bits per heavy atom. The quantitative estimate of drug-likeness (QED) is 0.417. The maximum atomic E-state index is 12.2. The van der Waals surface area contributed by atoms with Crippen molar-refractivity contribution >= 4 is 17.7 Å². The number of aromatic nitrogens is 2. The number of carbonyl (C=O) groups excluding carboxylic acids is 1. The highest BCUT2D eigenvalue weighted by atomic mass is 16.5. The fourth-order valence-electron chi connectivity index (χ4n) is 2.64. The van der Waals surface area contributed by atoms with Gasteiger partial charge in [0.1, 0.15) is 11.6 Å². The molecule has 2 amide bonds. The molecule has 154 valence electrons. The number of urea groups is 1. The zero-order valence-electron chi connectivity index (χ0n) is 15.8. The van der Waals surface area contributed by atoms with Crippen molar-refractivity contribution in [2.24, 2.45) is 0 Å². The fourth-order valence-corrected chi connectivity index (χ4v) is 2.64. The number of carboxylic acids is 1. The van der Waals surface area contributed by atoms with Gasteiger partial charge in [-0.3, -0.25) is 4.79 Å². The van der Waals surface area contributed by atoms with Gasteiger partial charge in [-0.05, 0) is 29.8 Å². The summed E-state index contributed by atoms with van der Waals surface area (Å²) >= 11 is 0. The van der Waals surface area contributed by atoms with Crippen LogP contribution in [-0.2, 0) is 6.54 Å². The SMILES string of the molecule is COc1cccc(CNC(=O)Nc2cccc(-c3nc(C(=O)O)c(O)c(=O)[nH]3)c2)c1. The van der Waals surface area contributed by atoms with Crippen molar-refractivity contribution in [2.75, 3.05) is 12.4 Å². The Kier molecular flexibility index (Phi) is 5.97. The number of methoxy groups -OCH3 is 1.